The van der Waals surface area contributed by atoms with Crippen molar-refractivity contribution in [3.05, 3.63) is 0 Å². The minimum absolute atomic E-state index is 0.226. The number of carbonyl (C=O) groups excluding carboxylic acids is 1. The van der Waals surface area contributed by atoms with Crippen molar-refractivity contribution in [3.8, 4) is 0 Å². The molecule has 0 aromatic rings. The fourth-order valence-corrected chi connectivity index (χ4v) is 3.57. The molecule has 0 aromatic heterocycles. The van der Waals surface area contributed by atoms with Crippen LogP contribution in [0.4, 0.5) is 0 Å². The van der Waals surface area contributed by atoms with Crippen molar-refractivity contribution in [3.63, 3.8) is 0 Å². The van der Waals surface area contributed by atoms with Gasteiger partial charge in [0.1, 0.15) is 0 Å². The molecule has 114 valence electrons. The number of rotatable bonds is 5. The van der Waals surface area contributed by atoms with Crippen LogP contribution in [0, 0.1) is 5.92 Å². The number of hydrogen-bond donors (Lipinski definition) is 1. The molecule has 20 heavy (non-hydrogen) atoms. The molecule has 3 fully saturated rings. The van der Waals surface area contributed by atoms with E-state index in [0.29, 0.717) is 25.0 Å². The van der Waals surface area contributed by atoms with Crippen LogP contribution in [0.5, 0.6) is 0 Å². The van der Waals surface area contributed by atoms with Crippen LogP contribution in [0.15, 0.2) is 0 Å². The number of nitrogens with zero attached hydrogens (tertiary/aromatic N) is 1. The highest BCUT2D eigenvalue weighted by Crippen LogP contribution is 2.32. The van der Waals surface area contributed by atoms with E-state index >= 15 is 0 Å². The summed E-state index contributed by atoms with van der Waals surface area (Å²) in [4.78, 5) is 14.8. The normalized spacial score (nSPS) is 28.3. The van der Waals surface area contributed by atoms with Crippen molar-refractivity contribution in [1.82, 2.24) is 10.2 Å². The Morgan fingerprint density at radius 3 is 2.60 bits per heavy atom. The van der Waals surface area contributed by atoms with Crippen LogP contribution in [-0.2, 0) is 9.53 Å². The van der Waals surface area contributed by atoms with E-state index in [4.69, 9.17) is 4.74 Å². The second-order valence-corrected chi connectivity index (χ2v) is 6.71. The van der Waals surface area contributed by atoms with Crippen LogP contribution in [0.2, 0.25) is 0 Å². The summed E-state index contributed by atoms with van der Waals surface area (Å²) in [5.74, 6) is 1.10. The zero-order chi connectivity index (χ0) is 13.8. The molecule has 1 amide bonds. The molecule has 1 atom stereocenters. The first-order valence-electron chi connectivity index (χ1n) is 8.43. The van der Waals surface area contributed by atoms with Gasteiger partial charge in [0.25, 0.3) is 0 Å². The average Bonchev–Trinajstić information content (AvgIpc) is 3.31. The predicted octanol–water partition coefficient (Wildman–Crippen LogP) is 1.94. The second-order valence-electron chi connectivity index (χ2n) is 6.71. The maximum atomic E-state index is 12.6. The van der Waals surface area contributed by atoms with Gasteiger partial charge in [0.05, 0.1) is 13.2 Å². The van der Waals surface area contributed by atoms with E-state index in [-0.39, 0.29) is 6.04 Å². The maximum absolute atomic E-state index is 12.6. The van der Waals surface area contributed by atoms with E-state index in [1.54, 1.807) is 0 Å². The highest BCUT2D eigenvalue weighted by atomic mass is 16.5. The minimum Gasteiger partial charge on any atom is -0.378 e. The topological polar surface area (TPSA) is 41.6 Å². The van der Waals surface area contributed by atoms with Gasteiger partial charge in [-0.05, 0) is 31.6 Å². The van der Waals surface area contributed by atoms with Gasteiger partial charge in [-0.3, -0.25) is 4.79 Å². The molecule has 0 bridgehead atoms. The van der Waals surface area contributed by atoms with Crippen LogP contribution in [0.1, 0.15) is 51.4 Å². The summed E-state index contributed by atoms with van der Waals surface area (Å²) in [7, 11) is 0. The number of ether oxygens (including phenoxy) is 1. The first-order chi connectivity index (χ1) is 9.83. The van der Waals surface area contributed by atoms with Crippen molar-refractivity contribution < 1.29 is 9.53 Å². The van der Waals surface area contributed by atoms with Crippen molar-refractivity contribution in [2.45, 2.75) is 63.5 Å². The Morgan fingerprint density at radius 2 is 1.95 bits per heavy atom. The highest BCUT2D eigenvalue weighted by Gasteiger charge is 2.35. The van der Waals surface area contributed by atoms with Crippen LogP contribution in [-0.4, -0.2) is 49.2 Å². The number of carbonyl (C=O) groups is 1. The molecule has 4 nitrogen and oxygen atoms in total. The maximum Gasteiger partial charge on any atom is 0.224 e. The molecule has 0 aromatic carbocycles. The van der Waals surface area contributed by atoms with Crippen LogP contribution >= 0.6 is 0 Å². The van der Waals surface area contributed by atoms with Gasteiger partial charge in [-0.2, -0.15) is 0 Å². The third kappa shape index (κ3) is 3.95. The van der Waals surface area contributed by atoms with E-state index < -0.39 is 0 Å². The summed E-state index contributed by atoms with van der Waals surface area (Å²) in [6, 6.07) is 0.776. The first-order valence-corrected chi connectivity index (χ1v) is 8.43. The molecular weight excluding hydrogens is 252 g/mol. The Kier molecular flexibility index (Phi) is 4.94. The third-order valence-electron chi connectivity index (χ3n) is 4.91. The highest BCUT2D eigenvalue weighted by molar-refractivity contribution is 5.77. The summed E-state index contributed by atoms with van der Waals surface area (Å²) < 4.78 is 5.46. The van der Waals surface area contributed by atoms with Crippen LogP contribution < -0.4 is 5.32 Å². The van der Waals surface area contributed by atoms with E-state index in [0.717, 1.165) is 25.6 Å². The van der Waals surface area contributed by atoms with Gasteiger partial charge in [-0.15, -0.1) is 0 Å². The number of amides is 1. The zero-order valence-electron chi connectivity index (χ0n) is 12.5. The fourth-order valence-electron chi connectivity index (χ4n) is 3.57. The van der Waals surface area contributed by atoms with Gasteiger partial charge < -0.3 is 15.0 Å². The lowest BCUT2D eigenvalue weighted by Crippen LogP contribution is -2.46. The molecule has 4 heteroatoms. The summed E-state index contributed by atoms with van der Waals surface area (Å²) in [6.45, 7) is 3.36. The van der Waals surface area contributed by atoms with Gasteiger partial charge in [0.2, 0.25) is 5.91 Å². The Bertz CT molecular complexity index is 318. The molecular formula is C16H28N2O2. The number of hydrogen-bond acceptors (Lipinski definition) is 3. The smallest absolute Gasteiger partial charge is 0.224 e. The van der Waals surface area contributed by atoms with Gasteiger partial charge in [-0.1, -0.05) is 19.3 Å². The molecule has 0 spiro atoms. The van der Waals surface area contributed by atoms with Crippen LogP contribution in [0.25, 0.3) is 0 Å². The largest absolute Gasteiger partial charge is 0.378 e. The van der Waals surface area contributed by atoms with Crippen molar-refractivity contribution in [2.75, 3.05) is 26.3 Å². The molecule has 1 unspecified atom stereocenters. The van der Waals surface area contributed by atoms with E-state index in [1.807, 2.05) is 0 Å². The lowest BCUT2D eigenvalue weighted by atomic mass is 9.89. The molecule has 1 aliphatic heterocycles. The molecule has 2 saturated carbocycles. The quantitative estimate of drug-likeness (QED) is 0.837. The van der Waals surface area contributed by atoms with Gasteiger partial charge >= 0.3 is 0 Å². The van der Waals surface area contributed by atoms with Crippen molar-refractivity contribution >= 4 is 5.91 Å². The summed E-state index contributed by atoms with van der Waals surface area (Å²) in [5.41, 5.74) is 0. The molecule has 2 aliphatic carbocycles. The minimum atomic E-state index is 0.226. The molecule has 1 saturated heterocycles. The Labute approximate surface area is 122 Å². The van der Waals surface area contributed by atoms with Crippen LogP contribution in [0.3, 0.4) is 0 Å². The zero-order valence-corrected chi connectivity index (χ0v) is 12.5. The van der Waals surface area contributed by atoms with Gasteiger partial charge in [0.15, 0.2) is 0 Å². The van der Waals surface area contributed by atoms with Gasteiger partial charge in [0, 0.05) is 31.6 Å². The third-order valence-corrected chi connectivity index (χ3v) is 4.91. The van der Waals surface area contributed by atoms with Crippen molar-refractivity contribution in [1.29, 1.82) is 0 Å². The van der Waals surface area contributed by atoms with E-state index in [2.05, 4.69) is 10.2 Å². The molecule has 1 N–H and O–H groups in total. The second kappa shape index (κ2) is 6.90. The standard InChI is InChI=1S/C16H28N2O2/c19-16(10-14-12-20-9-8-17-14)18(15-6-7-15)11-13-4-2-1-3-5-13/h13-15,17H,1-12H2. The molecule has 3 aliphatic rings. The Balaban J connectivity index is 1.51. The monoisotopic (exact) mass is 280 g/mol. The Morgan fingerprint density at radius 1 is 1.15 bits per heavy atom. The summed E-state index contributed by atoms with van der Waals surface area (Å²) in [5, 5.41) is 3.40. The van der Waals surface area contributed by atoms with Gasteiger partial charge in [-0.25, -0.2) is 0 Å². The lowest BCUT2D eigenvalue weighted by molar-refractivity contribution is -0.133. The van der Waals surface area contributed by atoms with E-state index in [1.165, 1.54) is 44.9 Å². The molecule has 0 radical (unpaired) electrons. The SMILES string of the molecule is O=C(CC1COCCN1)N(CC1CCCCC1)C1CC1. The Hall–Kier alpha value is -0.610. The predicted molar refractivity (Wildman–Crippen MR) is 78.5 cm³/mol. The van der Waals surface area contributed by atoms with E-state index in [9.17, 15) is 4.79 Å². The van der Waals surface area contributed by atoms with Crippen molar-refractivity contribution in [2.24, 2.45) is 5.92 Å². The number of morpholine rings is 1. The average molecular weight is 280 g/mol. The lowest BCUT2D eigenvalue weighted by Gasteiger charge is -2.32. The summed E-state index contributed by atoms with van der Waals surface area (Å²) >= 11 is 0. The molecule has 1 heterocycles. The molecule has 3 rings (SSSR count). The fraction of sp³-hybridized carbons (Fsp3) is 0.938. The number of nitrogens with one attached hydrogen (secondary N) is 1. The first kappa shape index (κ1) is 14.3. The summed E-state index contributed by atoms with van der Waals surface area (Å²) in [6.07, 6.45) is 9.79.